The van der Waals surface area contributed by atoms with E-state index in [-0.39, 0.29) is 78.3 Å². The maximum atomic E-state index is 15.2. The number of esters is 1. The first kappa shape index (κ1) is 49.4. The Morgan fingerprint density at radius 1 is 0.969 bits per heavy atom. The Bertz CT molecular complexity index is 1910. The SMILES string of the molecule is CC[C@H]1CCC[C@H](O[C@H]2CC[C@H](N(C)C)C(C)O2)[C@@H](C)C(=O)C2=C[C@@H]3C(c4nc(Nc5ccc(Cl)cc5)sc4C4C[C@@H](OC(O)C(OC)C(OC)C(OC)C(C)C)C[C@H]43)[C@@H]2CC(=O)O1. The average molecular weight is 931 g/mol. The number of benzene rings is 1. The Labute approximate surface area is 389 Å². The van der Waals surface area contributed by atoms with Crippen LogP contribution in [-0.4, -0.2) is 124 Å². The number of anilines is 2. The molecule has 3 aliphatic carbocycles. The number of carbonyl (C=O) groups excluding carboxylic acids is 2. The molecule has 7 unspecified atom stereocenters. The molecular weight excluding hydrogens is 858 g/mol. The fourth-order valence-electron chi connectivity index (χ4n) is 11.6. The van der Waals surface area contributed by atoms with Gasteiger partial charge < -0.3 is 48.5 Å². The van der Waals surface area contributed by atoms with E-state index in [1.165, 1.54) is 0 Å². The van der Waals surface area contributed by atoms with Gasteiger partial charge in [0.25, 0.3) is 0 Å². The molecule has 1 saturated carbocycles. The Balaban J connectivity index is 1.23. The largest absolute Gasteiger partial charge is 0.462 e. The summed E-state index contributed by atoms with van der Waals surface area (Å²) in [6.07, 6.45) is 3.60. The van der Waals surface area contributed by atoms with Crippen molar-refractivity contribution in [1.82, 2.24) is 9.88 Å². The van der Waals surface area contributed by atoms with Crippen molar-refractivity contribution >= 4 is 45.5 Å². The molecule has 0 bridgehead atoms. The number of aliphatic hydroxyl groups excluding tert-OH is 1. The molecule has 0 radical (unpaired) electrons. The summed E-state index contributed by atoms with van der Waals surface area (Å²) in [5.41, 5.74) is 2.41. The van der Waals surface area contributed by atoms with Crippen LogP contribution in [0.15, 0.2) is 35.9 Å². The van der Waals surface area contributed by atoms with Gasteiger partial charge in [0.15, 0.2) is 23.5 Å². The van der Waals surface area contributed by atoms with E-state index in [4.69, 9.17) is 49.7 Å². The van der Waals surface area contributed by atoms with E-state index in [1.54, 1.807) is 32.7 Å². The van der Waals surface area contributed by atoms with Gasteiger partial charge in [-0.05, 0) is 120 Å². The standard InChI is InChI=1S/C49H72ClN3O10S/c1-11-30-13-12-14-38(63-40-20-19-37(53(6)7)27(5)60-40)26(4)43(55)35-23-33-32-21-31(62-48(56)46(59-10)45(58-9)44(57-8)25(2)3)22-36(32)47-42(41(33)34(35)24-39(54)61-30)52-49(64-47)51-29-17-15-28(50)16-18-29/h15-18,23,25-27,30-34,36-38,40-41,44-46,48,56H,11-14,19-22,24H2,1-10H3,(H,51,52)/t26-,27?,30+,31+,32+,33+,34-,36?,37+,38+,40+,41?,44?,45?,46?,48?/m1/s1. The predicted octanol–water partition coefficient (Wildman–Crippen LogP) is 8.65. The van der Waals surface area contributed by atoms with Crippen molar-refractivity contribution in [3.05, 3.63) is 51.5 Å². The van der Waals surface area contributed by atoms with Crippen LogP contribution in [0.3, 0.4) is 0 Å². The zero-order chi connectivity index (χ0) is 46.0. The molecule has 15 heteroatoms. The molecule has 1 aromatic carbocycles. The van der Waals surface area contributed by atoms with E-state index in [0.29, 0.717) is 48.7 Å². The number of nitrogens with zero attached hydrogens (tertiary/aromatic N) is 2. The molecule has 3 fully saturated rings. The Morgan fingerprint density at radius 2 is 1.69 bits per heavy atom. The van der Waals surface area contributed by atoms with Crippen LogP contribution in [0.1, 0.15) is 115 Å². The minimum atomic E-state index is -1.29. The van der Waals surface area contributed by atoms with Crippen molar-refractivity contribution in [2.24, 2.45) is 29.6 Å². The number of Topliss-reactive ketones (excluding diaryl/α,β-unsaturated/α-hetero) is 1. The second-order valence-corrected chi connectivity index (χ2v) is 20.8. The Kier molecular flexibility index (Phi) is 16.7. The van der Waals surface area contributed by atoms with Crippen molar-refractivity contribution in [3.63, 3.8) is 0 Å². The van der Waals surface area contributed by atoms with Crippen LogP contribution in [-0.2, 0) is 42.7 Å². The molecule has 1 aromatic heterocycles. The number of ketones is 1. The third-order valence-electron chi connectivity index (χ3n) is 14.9. The second-order valence-electron chi connectivity index (χ2n) is 19.3. The van der Waals surface area contributed by atoms with Gasteiger partial charge in [-0.1, -0.05) is 45.4 Å². The molecule has 64 heavy (non-hydrogen) atoms. The number of carbonyl (C=O) groups is 2. The summed E-state index contributed by atoms with van der Waals surface area (Å²) in [6, 6.07) is 7.81. The second kappa shape index (κ2) is 21.6. The lowest BCUT2D eigenvalue weighted by atomic mass is 9.67. The molecule has 2 aromatic rings. The van der Waals surface area contributed by atoms with Gasteiger partial charge in [-0.2, -0.15) is 0 Å². The van der Waals surface area contributed by atoms with Gasteiger partial charge in [0.2, 0.25) is 0 Å². The quantitative estimate of drug-likeness (QED) is 0.130. The number of ether oxygens (including phenoxy) is 7. The van der Waals surface area contributed by atoms with E-state index in [1.807, 2.05) is 45.0 Å². The fourth-order valence-corrected chi connectivity index (χ4v) is 13.0. The number of hydrogen-bond acceptors (Lipinski definition) is 14. The number of methoxy groups -OCH3 is 3. The normalized spacial score (nSPS) is 34.1. The molecule has 0 amide bonds. The molecule has 2 saturated heterocycles. The van der Waals surface area contributed by atoms with Crippen LogP contribution in [0.2, 0.25) is 5.02 Å². The molecular formula is C49H72ClN3O10S. The highest BCUT2D eigenvalue weighted by Gasteiger charge is 2.56. The molecule has 7 rings (SSSR count). The fraction of sp³-hybridized carbons (Fsp3) is 0.735. The number of likely N-dealkylation sites (N-methyl/N-ethyl adjacent to an activating group) is 1. The van der Waals surface area contributed by atoms with Gasteiger partial charge in [-0.25, -0.2) is 4.98 Å². The first-order valence-corrected chi connectivity index (χ1v) is 24.7. The zero-order valence-electron chi connectivity index (χ0n) is 39.4. The third-order valence-corrected chi connectivity index (χ3v) is 16.2. The monoisotopic (exact) mass is 929 g/mol. The highest BCUT2D eigenvalue weighted by Crippen LogP contribution is 2.63. The lowest BCUT2D eigenvalue weighted by Crippen LogP contribution is -2.50. The Morgan fingerprint density at radius 3 is 2.33 bits per heavy atom. The number of nitrogens with one attached hydrogen (secondary N) is 1. The number of aromatic nitrogens is 1. The minimum absolute atomic E-state index is 0.000274. The van der Waals surface area contributed by atoms with Gasteiger partial charge >= 0.3 is 5.97 Å². The zero-order valence-corrected chi connectivity index (χ0v) is 40.9. The van der Waals surface area contributed by atoms with Crippen LogP contribution >= 0.6 is 22.9 Å². The number of halogens is 1. The van der Waals surface area contributed by atoms with E-state index < -0.39 is 36.6 Å². The molecule has 5 aliphatic rings. The van der Waals surface area contributed by atoms with Crippen molar-refractivity contribution in [2.75, 3.05) is 40.7 Å². The summed E-state index contributed by atoms with van der Waals surface area (Å²) < 4.78 is 43.6. The maximum absolute atomic E-state index is 15.2. The molecule has 0 spiro atoms. The summed E-state index contributed by atoms with van der Waals surface area (Å²) in [5, 5.41) is 16.6. The molecule has 356 valence electrons. The van der Waals surface area contributed by atoms with Crippen LogP contribution in [0.25, 0.3) is 0 Å². The number of allylic oxidation sites excluding steroid dienone is 2. The number of hydrogen-bond donors (Lipinski definition) is 2. The summed E-state index contributed by atoms with van der Waals surface area (Å²) in [5.74, 6) is -1.40. The molecule has 16 atom stereocenters. The highest BCUT2D eigenvalue weighted by molar-refractivity contribution is 7.15. The smallest absolute Gasteiger partial charge is 0.306 e. The molecule has 2 aliphatic heterocycles. The number of aliphatic hydroxyl groups is 1. The number of thiazole rings is 1. The summed E-state index contributed by atoms with van der Waals surface area (Å²) in [4.78, 5) is 37.9. The van der Waals surface area contributed by atoms with E-state index >= 15 is 4.79 Å². The maximum Gasteiger partial charge on any atom is 0.306 e. The predicted molar refractivity (Wildman–Crippen MR) is 247 cm³/mol. The van der Waals surface area contributed by atoms with Gasteiger partial charge in [0.05, 0.1) is 36.5 Å². The van der Waals surface area contributed by atoms with Gasteiger partial charge in [0, 0.05) is 66.6 Å². The highest BCUT2D eigenvalue weighted by atomic mass is 35.5. The third kappa shape index (κ3) is 10.6. The van der Waals surface area contributed by atoms with Gasteiger partial charge in [-0.15, -0.1) is 11.3 Å². The molecule has 13 nitrogen and oxygen atoms in total. The topological polar surface area (TPSA) is 147 Å². The average Bonchev–Trinajstić information content (AvgIpc) is 3.98. The number of cyclic esters (lactones) is 1. The van der Waals surface area contributed by atoms with E-state index in [0.717, 1.165) is 40.7 Å². The summed E-state index contributed by atoms with van der Waals surface area (Å²) in [6.45, 7) is 10.2. The molecule has 3 heterocycles. The van der Waals surface area contributed by atoms with Crippen molar-refractivity contribution < 1.29 is 47.9 Å². The van der Waals surface area contributed by atoms with E-state index in [9.17, 15) is 9.90 Å². The first-order chi connectivity index (χ1) is 30.6. The van der Waals surface area contributed by atoms with Gasteiger partial charge in [0.1, 0.15) is 18.3 Å². The van der Waals surface area contributed by atoms with Crippen molar-refractivity contribution in [2.45, 2.75) is 166 Å². The number of rotatable bonds is 15. The lowest BCUT2D eigenvalue weighted by molar-refractivity contribution is -0.236. The molecule has 2 N–H and O–H groups in total. The lowest BCUT2D eigenvalue weighted by Gasteiger charge is -2.40. The van der Waals surface area contributed by atoms with Crippen molar-refractivity contribution in [3.8, 4) is 0 Å². The van der Waals surface area contributed by atoms with Crippen LogP contribution in [0.4, 0.5) is 10.8 Å². The first-order valence-electron chi connectivity index (χ1n) is 23.5. The summed E-state index contributed by atoms with van der Waals surface area (Å²) >= 11 is 7.85. The minimum Gasteiger partial charge on any atom is -0.462 e. The van der Waals surface area contributed by atoms with Crippen molar-refractivity contribution in [1.29, 1.82) is 0 Å². The Hall–Kier alpha value is -2.50. The summed E-state index contributed by atoms with van der Waals surface area (Å²) in [7, 11) is 8.93. The number of fused-ring (bicyclic) bond motifs is 8. The van der Waals surface area contributed by atoms with Crippen LogP contribution in [0.5, 0.6) is 0 Å². The van der Waals surface area contributed by atoms with Crippen LogP contribution in [0, 0.1) is 29.6 Å². The van der Waals surface area contributed by atoms with Gasteiger partial charge in [-0.3, -0.25) is 9.59 Å². The van der Waals surface area contributed by atoms with E-state index in [2.05, 4.69) is 44.2 Å². The van der Waals surface area contributed by atoms with Crippen LogP contribution < -0.4 is 5.32 Å².